The average Bonchev–Trinajstić information content (AvgIpc) is 3.14. The fourth-order valence-electron chi connectivity index (χ4n) is 5.48. The summed E-state index contributed by atoms with van der Waals surface area (Å²) in [4.78, 5) is 34.9. The Kier molecular flexibility index (Phi) is 15.4. The van der Waals surface area contributed by atoms with Gasteiger partial charge in [0.25, 0.3) is 0 Å². The fourth-order valence-corrected chi connectivity index (χ4v) is 5.48. The third-order valence-electron chi connectivity index (χ3n) is 8.27. The highest BCUT2D eigenvalue weighted by Gasteiger charge is 2.24. The van der Waals surface area contributed by atoms with E-state index in [1.807, 2.05) is 42.5 Å². The number of hydrogen-bond acceptors (Lipinski definition) is 8. The zero-order valence-corrected chi connectivity index (χ0v) is 30.1. The van der Waals surface area contributed by atoms with Gasteiger partial charge in [0.05, 0.1) is 17.5 Å². The normalized spacial score (nSPS) is 11.8. The molecule has 9 nitrogen and oxygen atoms in total. The fraction of sp³-hybridized carbons (Fsp3) is 0.233. The van der Waals surface area contributed by atoms with Crippen molar-refractivity contribution < 1.29 is 42.9 Å². The molecule has 0 aliphatic rings. The van der Waals surface area contributed by atoms with Crippen molar-refractivity contribution in [3.8, 4) is 17.2 Å². The number of hydrogen-bond donors (Lipinski definition) is 4. The van der Waals surface area contributed by atoms with Gasteiger partial charge in [-0.2, -0.15) is 0 Å². The summed E-state index contributed by atoms with van der Waals surface area (Å²) in [5.74, 6) is -2.29. The second-order valence-electron chi connectivity index (χ2n) is 12.7. The summed E-state index contributed by atoms with van der Waals surface area (Å²) in [6.45, 7) is 4.69. The molecule has 0 aliphatic heterocycles. The Bertz CT molecular complexity index is 2000. The van der Waals surface area contributed by atoms with E-state index in [0.29, 0.717) is 29.2 Å². The third-order valence-corrected chi connectivity index (χ3v) is 8.27. The highest BCUT2D eigenvalue weighted by molar-refractivity contribution is 5.99. The number of nitrogens with one attached hydrogen (secondary N) is 1. The van der Waals surface area contributed by atoms with Crippen LogP contribution in [0.1, 0.15) is 62.7 Å². The number of ether oxygens (including phenoxy) is 2. The Morgan fingerprint density at radius 2 is 1.46 bits per heavy atom. The zero-order chi connectivity index (χ0) is 39.0. The van der Waals surface area contributed by atoms with Gasteiger partial charge in [0.15, 0.2) is 5.78 Å². The molecule has 0 aliphatic carbocycles. The number of phenolic OH excluding ortho intramolecular Hbond substituents is 1. The molecule has 11 heteroatoms. The largest absolute Gasteiger partial charge is 0.507 e. The number of halogens is 2. The number of carbonyl (C=O) groups excluding carboxylic acids is 2. The maximum absolute atomic E-state index is 13.8. The van der Waals surface area contributed by atoms with Crippen molar-refractivity contribution in [3.05, 3.63) is 160 Å². The number of rotatable bonds is 16. The van der Waals surface area contributed by atoms with Gasteiger partial charge < -0.3 is 30.7 Å². The summed E-state index contributed by atoms with van der Waals surface area (Å²) < 4.78 is 39.2. The molecule has 0 spiro atoms. The van der Waals surface area contributed by atoms with Gasteiger partial charge >= 0.3 is 11.9 Å². The second-order valence-corrected chi connectivity index (χ2v) is 12.7. The van der Waals surface area contributed by atoms with E-state index in [1.165, 1.54) is 23.8 Å². The van der Waals surface area contributed by atoms with Crippen molar-refractivity contribution in [3.63, 3.8) is 0 Å². The first-order valence-electron chi connectivity index (χ1n) is 17.5. The monoisotopic (exact) mass is 738 g/mol. The Balaban J connectivity index is 0.000000363. The Morgan fingerprint density at radius 1 is 0.778 bits per heavy atom. The van der Waals surface area contributed by atoms with Gasteiger partial charge in [-0.05, 0) is 91.1 Å². The molecule has 54 heavy (non-hydrogen) atoms. The SMILES string of the molecule is CCc1cccc(CNC[C@@H](OC(=O)c2cccc(Oc3ccccc3)c2)[C@@H](N)Cc2cc(F)cc(F)c2)c1.Cc1ccc(O)c(C(=O)CCC(=O)O)c1. The molecule has 0 saturated heterocycles. The van der Waals surface area contributed by atoms with E-state index in [4.69, 9.17) is 20.3 Å². The van der Waals surface area contributed by atoms with Crippen LogP contribution in [-0.2, 0) is 28.9 Å². The first-order chi connectivity index (χ1) is 25.9. The lowest BCUT2D eigenvalue weighted by Crippen LogP contribution is -2.46. The summed E-state index contributed by atoms with van der Waals surface area (Å²) in [7, 11) is 0. The van der Waals surface area contributed by atoms with Crippen molar-refractivity contribution in [2.24, 2.45) is 5.73 Å². The highest BCUT2D eigenvalue weighted by Crippen LogP contribution is 2.23. The minimum atomic E-state index is -1.02. The number of carboxylic acid groups (broad SMARTS) is 1. The summed E-state index contributed by atoms with van der Waals surface area (Å²) in [5, 5.41) is 21.1. The van der Waals surface area contributed by atoms with Gasteiger partial charge in [0, 0.05) is 31.6 Å². The summed E-state index contributed by atoms with van der Waals surface area (Å²) in [6, 6.07) is 31.3. The van der Waals surface area contributed by atoms with Crippen molar-refractivity contribution in [1.82, 2.24) is 5.32 Å². The van der Waals surface area contributed by atoms with Gasteiger partial charge in [-0.1, -0.05) is 67.1 Å². The van der Waals surface area contributed by atoms with Crippen LogP contribution in [0.25, 0.3) is 0 Å². The number of aliphatic carboxylic acids is 1. The van der Waals surface area contributed by atoms with E-state index in [2.05, 4.69) is 24.4 Å². The molecule has 2 atom stereocenters. The molecule has 0 bridgehead atoms. The van der Waals surface area contributed by atoms with Crippen LogP contribution in [0.15, 0.2) is 115 Å². The topological polar surface area (TPSA) is 148 Å². The Morgan fingerprint density at radius 3 is 2.17 bits per heavy atom. The van der Waals surface area contributed by atoms with Gasteiger partial charge in [0.2, 0.25) is 0 Å². The average molecular weight is 739 g/mol. The van der Waals surface area contributed by atoms with Gasteiger partial charge in [0.1, 0.15) is 35.0 Å². The van der Waals surface area contributed by atoms with Gasteiger partial charge in [-0.15, -0.1) is 0 Å². The molecule has 0 amide bonds. The summed E-state index contributed by atoms with van der Waals surface area (Å²) in [5.41, 5.74) is 10.5. The molecular weight excluding hydrogens is 694 g/mol. The minimum absolute atomic E-state index is 0.0909. The number of Topliss-reactive ketones (excluding diaryl/α,β-unsaturated/α-hetero) is 1. The zero-order valence-electron chi connectivity index (χ0n) is 30.1. The maximum atomic E-state index is 13.8. The molecular formula is C43H44F2N2O7. The van der Waals surface area contributed by atoms with Crippen LogP contribution in [0.2, 0.25) is 0 Å². The number of carboxylic acids is 1. The van der Waals surface area contributed by atoms with E-state index in [0.717, 1.165) is 23.6 Å². The molecule has 5 aromatic carbocycles. The molecule has 5 rings (SSSR count). The number of para-hydroxylation sites is 1. The number of esters is 1. The van der Waals surface area contributed by atoms with Crippen LogP contribution in [0.5, 0.6) is 17.2 Å². The van der Waals surface area contributed by atoms with Crippen LogP contribution in [0.4, 0.5) is 8.78 Å². The standard InChI is InChI=1S/C32H32F2N2O3.C11H12O4/c1-2-22-8-6-9-23(14-22)20-36-21-31(30(35)17-24-15-26(33)19-27(34)16-24)39-32(37)25-10-7-13-29(18-25)38-28-11-4-3-5-12-28;1-7-2-3-9(12)8(6-7)10(13)4-5-11(14)15/h3-16,18-19,30-31,36H,2,17,20-21,35H2,1H3;2-3,6,12H,4-5H2,1H3,(H,14,15)/t30-,31+;/m0./s1. The van der Waals surface area contributed by atoms with Crippen LogP contribution < -0.4 is 15.8 Å². The molecule has 0 aromatic heterocycles. The maximum Gasteiger partial charge on any atom is 0.338 e. The smallest absolute Gasteiger partial charge is 0.338 e. The Hall–Kier alpha value is -5.91. The number of nitrogens with two attached hydrogens (primary N) is 1. The van der Waals surface area contributed by atoms with Gasteiger partial charge in [-0.3, -0.25) is 9.59 Å². The Labute approximate surface area is 313 Å². The lowest BCUT2D eigenvalue weighted by atomic mass is 10.0. The number of ketones is 1. The first kappa shape index (κ1) is 40.9. The quantitative estimate of drug-likeness (QED) is 0.0585. The number of phenols is 1. The summed E-state index contributed by atoms with van der Waals surface area (Å²) in [6.07, 6.45) is -0.0252. The van der Waals surface area contributed by atoms with E-state index in [1.54, 1.807) is 43.3 Å². The van der Waals surface area contributed by atoms with Crippen molar-refractivity contribution >= 4 is 17.7 Å². The van der Waals surface area contributed by atoms with Crippen molar-refractivity contribution in [2.75, 3.05) is 6.54 Å². The molecule has 0 heterocycles. The number of benzene rings is 5. The van der Waals surface area contributed by atoms with E-state index in [-0.39, 0.29) is 42.9 Å². The number of aryl methyl sites for hydroxylation is 2. The van der Waals surface area contributed by atoms with Gasteiger partial charge in [-0.25, -0.2) is 13.6 Å². The van der Waals surface area contributed by atoms with E-state index in [9.17, 15) is 28.3 Å². The molecule has 5 N–H and O–H groups in total. The predicted molar refractivity (Wildman–Crippen MR) is 202 cm³/mol. The van der Waals surface area contributed by atoms with Crippen LogP contribution in [0.3, 0.4) is 0 Å². The van der Waals surface area contributed by atoms with Crippen LogP contribution in [0, 0.1) is 18.6 Å². The predicted octanol–water partition coefficient (Wildman–Crippen LogP) is 7.95. The van der Waals surface area contributed by atoms with Crippen molar-refractivity contribution in [1.29, 1.82) is 0 Å². The second kappa shape index (κ2) is 20.4. The molecule has 5 aromatic rings. The van der Waals surface area contributed by atoms with Crippen molar-refractivity contribution in [2.45, 2.75) is 58.2 Å². The first-order valence-corrected chi connectivity index (χ1v) is 17.5. The third kappa shape index (κ3) is 13.3. The molecule has 0 radical (unpaired) electrons. The highest BCUT2D eigenvalue weighted by atomic mass is 19.1. The lowest BCUT2D eigenvalue weighted by molar-refractivity contribution is -0.136. The summed E-state index contributed by atoms with van der Waals surface area (Å²) >= 11 is 0. The molecule has 282 valence electrons. The van der Waals surface area contributed by atoms with Crippen LogP contribution in [-0.4, -0.2) is 46.6 Å². The molecule has 0 fully saturated rings. The molecule has 0 saturated carbocycles. The lowest BCUT2D eigenvalue weighted by Gasteiger charge is -2.25. The molecule has 0 unspecified atom stereocenters. The van der Waals surface area contributed by atoms with E-state index >= 15 is 0 Å². The van der Waals surface area contributed by atoms with E-state index < -0.39 is 35.7 Å². The number of carbonyl (C=O) groups is 3. The minimum Gasteiger partial charge on any atom is -0.507 e. The van der Waals surface area contributed by atoms with Crippen LogP contribution >= 0.6 is 0 Å². The number of aromatic hydroxyl groups is 1.